The molecular formula is C12H17NO5S. The van der Waals surface area contributed by atoms with Crippen LogP contribution in [0.2, 0.25) is 0 Å². The Morgan fingerprint density at radius 2 is 1.89 bits per heavy atom. The first-order valence-electron chi connectivity index (χ1n) is 6.08. The summed E-state index contributed by atoms with van der Waals surface area (Å²) >= 11 is 0. The van der Waals surface area contributed by atoms with E-state index in [1.165, 1.54) is 13.8 Å². The molecule has 2 rings (SSSR count). The van der Waals surface area contributed by atoms with Crippen LogP contribution in [0.4, 0.5) is 0 Å². The monoisotopic (exact) mass is 287 g/mol. The van der Waals surface area contributed by atoms with Gasteiger partial charge in [0.05, 0.1) is 0 Å². The van der Waals surface area contributed by atoms with Gasteiger partial charge in [-0.15, -0.1) is 0 Å². The second-order valence-electron chi connectivity index (χ2n) is 5.12. The molecule has 1 aromatic heterocycles. The number of sulfonamides is 1. The number of aryl methyl sites for hydroxylation is 2. The summed E-state index contributed by atoms with van der Waals surface area (Å²) in [5, 5.41) is 9.12. The van der Waals surface area contributed by atoms with Gasteiger partial charge in [0, 0.05) is 6.04 Å². The fourth-order valence-electron chi connectivity index (χ4n) is 2.51. The van der Waals surface area contributed by atoms with Crippen LogP contribution in [0.3, 0.4) is 0 Å². The van der Waals surface area contributed by atoms with Gasteiger partial charge in [0.15, 0.2) is 0 Å². The molecule has 1 aromatic rings. The van der Waals surface area contributed by atoms with Gasteiger partial charge in [-0.25, -0.2) is 17.9 Å². The van der Waals surface area contributed by atoms with E-state index in [1.807, 2.05) is 6.92 Å². The number of nitrogens with one attached hydrogen (secondary N) is 1. The highest BCUT2D eigenvalue weighted by Crippen LogP contribution is 2.31. The molecule has 0 aromatic carbocycles. The third kappa shape index (κ3) is 2.52. The van der Waals surface area contributed by atoms with E-state index in [2.05, 4.69) is 4.72 Å². The second-order valence-corrected chi connectivity index (χ2v) is 6.77. The van der Waals surface area contributed by atoms with Crippen LogP contribution in [0.5, 0.6) is 0 Å². The zero-order valence-corrected chi connectivity index (χ0v) is 11.9. The van der Waals surface area contributed by atoms with Gasteiger partial charge in [-0.1, -0.05) is 6.92 Å². The fourth-order valence-corrected chi connectivity index (χ4v) is 4.18. The maximum atomic E-state index is 12.3. The zero-order chi connectivity index (χ0) is 14.4. The molecule has 0 bridgehead atoms. The van der Waals surface area contributed by atoms with Gasteiger partial charge in [-0.2, -0.15) is 0 Å². The van der Waals surface area contributed by atoms with E-state index in [1.54, 1.807) is 0 Å². The Morgan fingerprint density at radius 3 is 2.37 bits per heavy atom. The predicted molar refractivity (Wildman–Crippen MR) is 67.6 cm³/mol. The smallest absolute Gasteiger partial charge is 0.340 e. The molecule has 1 aliphatic carbocycles. The Balaban J connectivity index is 2.37. The van der Waals surface area contributed by atoms with Crippen LogP contribution in [0.25, 0.3) is 0 Å². The van der Waals surface area contributed by atoms with E-state index < -0.39 is 16.0 Å². The van der Waals surface area contributed by atoms with Crippen LogP contribution < -0.4 is 4.72 Å². The standard InChI is InChI=1S/C12H17NO5S/c1-6-4-9(5-6)13-19(16,17)11-8(3)18-7(2)10(11)12(14)15/h6,9,13H,4-5H2,1-3H3,(H,14,15). The SMILES string of the molecule is Cc1oc(C)c(S(=O)(=O)NC2CC(C)C2)c1C(=O)O. The molecule has 0 radical (unpaired) electrons. The highest BCUT2D eigenvalue weighted by molar-refractivity contribution is 7.89. The van der Waals surface area contributed by atoms with Crippen molar-refractivity contribution in [3.8, 4) is 0 Å². The minimum atomic E-state index is -3.85. The molecule has 2 N–H and O–H groups in total. The maximum absolute atomic E-state index is 12.3. The zero-order valence-electron chi connectivity index (χ0n) is 11.1. The van der Waals surface area contributed by atoms with E-state index in [0.717, 1.165) is 12.8 Å². The number of furan rings is 1. The normalized spacial score (nSPS) is 23.1. The third-order valence-corrected chi connectivity index (χ3v) is 5.06. The number of carboxylic acids is 1. The molecule has 1 heterocycles. The van der Waals surface area contributed by atoms with E-state index in [4.69, 9.17) is 9.52 Å². The van der Waals surface area contributed by atoms with Crippen molar-refractivity contribution in [3.63, 3.8) is 0 Å². The average molecular weight is 287 g/mol. The van der Waals surface area contributed by atoms with Crippen molar-refractivity contribution in [2.45, 2.75) is 44.6 Å². The van der Waals surface area contributed by atoms with Crippen LogP contribution in [-0.4, -0.2) is 25.5 Å². The minimum absolute atomic E-state index is 0.104. The molecule has 1 fully saturated rings. The Bertz CT molecular complexity index is 610. The first kappa shape index (κ1) is 14.1. The van der Waals surface area contributed by atoms with E-state index in [0.29, 0.717) is 5.92 Å². The van der Waals surface area contributed by atoms with Crippen molar-refractivity contribution in [3.05, 3.63) is 17.1 Å². The van der Waals surface area contributed by atoms with E-state index >= 15 is 0 Å². The lowest BCUT2D eigenvalue weighted by molar-refractivity contribution is 0.0691. The fraction of sp³-hybridized carbons (Fsp3) is 0.583. The summed E-state index contributed by atoms with van der Waals surface area (Å²) in [5.41, 5.74) is -0.280. The van der Waals surface area contributed by atoms with Crippen molar-refractivity contribution in [1.29, 1.82) is 0 Å². The largest absolute Gasteiger partial charge is 0.478 e. The van der Waals surface area contributed by atoms with E-state index in [9.17, 15) is 13.2 Å². The molecule has 1 saturated carbocycles. The lowest BCUT2D eigenvalue weighted by Gasteiger charge is -2.32. The van der Waals surface area contributed by atoms with Gasteiger partial charge in [-0.3, -0.25) is 0 Å². The van der Waals surface area contributed by atoms with Crippen molar-refractivity contribution < 1.29 is 22.7 Å². The summed E-state index contributed by atoms with van der Waals surface area (Å²) in [4.78, 5) is 10.9. The van der Waals surface area contributed by atoms with Crippen LogP contribution in [0.1, 0.15) is 41.6 Å². The first-order chi connectivity index (χ1) is 8.72. The molecule has 0 aliphatic heterocycles. The molecule has 0 spiro atoms. The minimum Gasteiger partial charge on any atom is -0.478 e. The quantitative estimate of drug-likeness (QED) is 0.878. The van der Waals surface area contributed by atoms with Gasteiger partial charge in [-0.05, 0) is 32.6 Å². The number of carboxylic acid groups (broad SMARTS) is 1. The maximum Gasteiger partial charge on any atom is 0.340 e. The van der Waals surface area contributed by atoms with E-state index in [-0.39, 0.29) is 28.0 Å². The summed E-state index contributed by atoms with van der Waals surface area (Å²) in [6, 6.07) is -0.115. The second kappa shape index (κ2) is 4.64. The highest BCUT2D eigenvalue weighted by Gasteiger charge is 2.35. The highest BCUT2D eigenvalue weighted by atomic mass is 32.2. The van der Waals surface area contributed by atoms with Gasteiger partial charge < -0.3 is 9.52 Å². The Morgan fingerprint density at radius 1 is 1.32 bits per heavy atom. The number of hydrogen-bond donors (Lipinski definition) is 2. The van der Waals surface area contributed by atoms with Crippen LogP contribution in [0.15, 0.2) is 9.31 Å². The summed E-state index contributed by atoms with van der Waals surface area (Å²) in [7, 11) is -3.85. The lowest BCUT2D eigenvalue weighted by Crippen LogP contribution is -2.43. The molecule has 6 nitrogen and oxygen atoms in total. The molecule has 7 heteroatoms. The summed E-state index contributed by atoms with van der Waals surface area (Å²) < 4.78 is 32.2. The number of carbonyl (C=O) groups is 1. The van der Waals surface area contributed by atoms with Crippen LogP contribution in [0, 0.1) is 19.8 Å². The van der Waals surface area contributed by atoms with Gasteiger partial charge in [0.25, 0.3) is 0 Å². The van der Waals surface area contributed by atoms with Crippen LogP contribution >= 0.6 is 0 Å². The molecule has 0 atom stereocenters. The Kier molecular flexibility index (Phi) is 3.44. The lowest BCUT2D eigenvalue weighted by atomic mass is 9.83. The average Bonchev–Trinajstić information content (AvgIpc) is 2.51. The predicted octanol–water partition coefficient (Wildman–Crippen LogP) is 1.67. The molecule has 106 valence electrons. The molecule has 19 heavy (non-hydrogen) atoms. The van der Waals surface area contributed by atoms with Gasteiger partial charge in [0.2, 0.25) is 10.0 Å². The van der Waals surface area contributed by atoms with Gasteiger partial charge >= 0.3 is 5.97 Å². The van der Waals surface area contributed by atoms with Crippen LogP contribution in [-0.2, 0) is 10.0 Å². The summed E-state index contributed by atoms with van der Waals surface area (Å²) in [6.45, 7) is 4.94. The van der Waals surface area contributed by atoms with Crippen molar-refractivity contribution in [2.75, 3.05) is 0 Å². The summed E-state index contributed by atoms with van der Waals surface area (Å²) in [5.74, 6) is -0.586. The molecule has 0 saturated heterocycles. The molecule has 0 amide bonds. The molecule has 1 aliphatic rings. The Labute approximate surface area is 111 Å². The number of hydrogen-bond acceptors (Lipinski definition) is 4. The number of rotatable bonds is 4. The third-order valence-electron chi connectivity index (χ3n) is 3.38. The molecule has 0 unspecified atom stereocenters. The Hall–Kier alpha value is -1.34. The van der Waals surface area contributed by atoms with Gasteiger partial charge in [0.1, 0.15) is 22.0 Å². The molecular weight excluding hydrogens is 270 g/mol. The number of aromatic carboxylic acids is 1. The summed E-state index contributed by atoms with van der Waals surface area (Å²) in [6.07, 6.45) is 1.55. The topological polar surface area (TPSA) is 96.6 Å². The van der Waals surface area contributed by atoms with Crippen molar-refractivity contribution >= 4 is 16.0 Å². The first-order valence-corrected chi connectivity index (χ1v) is 7.56. The van der Waals surface area contributed by atoms with Crippen molar-refractivity contribution in [1.82, 2.24) is 4.72 Å². The van der Waals surface area contributed by atoms with Crippen molar-refractivity contribution in [2.24, 2.45) is 5.92 Å².